The van der Waals surface area contributed by atoms with Crippen molar-refractivity contribution >= 4 is 9.84 Å². The number of benzene rings is 1. The molecule has 1 aliphatic heterocycles. The van der Waals surface area contributed by atoms with Gasteiger partial charge in [0.2, 0.25) is 0 Å². The van der Waals surface area contributed by atoms with Crippen LogP contribution >= 0.6 is 0 Å². The van der Waals surface area contributed by atoms with Gasteiger partial charge in [-0.1, -0.05) is 30.7 Å². The maximum Gasteiger partial charge on any atom is 0.412 e. The van der Waals surface area contributed by atoms with Crippen LogP contribution in [0.4, 0.5) is 13.2 Å². The van der Waals surface area contributed by atoms with Gasteiger partial charge in [-0.3, -0.25) is 4.90 Å². The first-order valence-corrected chi connectivity index (χ1v) is 10.5. The highest BCUT2D eigenvalue weighted by Crippen LogP contribution is 2.46. The number of nitrogens with zero attached hydrogens (tertiary/aromatic N) is 1. The molecule has 1 saturated carbocycles. The van der Waals surface area contributed by atoms with E-state index in [1.165, 1.54) is 6.08 Å². The van der Waals surface area contributed by atoms with Crippen LogP contribution in [-0.2, 0) is 9.84 Å². The molecule has 1 fully saturated rings. The molecule has 0 unspecified atom stereocenters. The summed E-state index contributed by atoms with van der Waals surface area (Å²) in [7, 11) is -3.37. The lowest BCUT2D eigenvalue weighted by atomic mass is 9.81. The fourth-order valence-electron chi connectivity index (χ4n) is 3.87. The molecular weight excluding hydrogens is 363 g/mol. The fourth-order valence-corrected chi connectivity index (χ4v) is 6.13. The zero-order chi connectivity index (χ0) is 18.8. The predicted octanol–water partition coefficient (Wildman–Crippen LogP) is 4.36. The highest BCUT2D eigenvalue weighted by Gasteiger charge is 2.48. The molecule has 1 aromatic carbocycles. The minimum Gasteiger partial charge on any atom is -0.299 e. The molecule has 144 valence electrons. The van der Waals surface area contributed by atoms with Crippen molar-refractivity contribution in [2.24, 2.45) is 0 Å². The summed E-state index contributed by atoms with van der Waals surface area (Å²) in [5, 5.41) is 0. The molecule has 1 heterocycles. The Bertz CT molecular complexity index is 753. The lowest BCUT2D eigenvalue weighted by Crippen LogP contribution is -2.45. The van der Waals surface area contributed by atoms with E-state index in [0.29, 0.717) is 43.7 Å². The zero-order valence-electron chi connectivity index (χ0n) is 14.6. The normalized spacial score (nSPS) is 21.1. The maximum absolute atomic E-state index is 13.0. The lowest BCUT2D eigenvalue weighted by Gasteiger charge is -2.41. The Kier molecular flexibility index (Phi) is 5.49. The summed E-state index contributed by atoms with van der Waals surface area (Å²) in [6.07, 6.45) is 0.530. The standard InChI is InChI=1S/C19H24F3NO2S/c20-19(21,22)16-8-14-23(15-9-16)13-5-12-18(10-4-11-18)26(24,25)17-6-2-1-3-7-17/h1-3,6-8H,4-5,9-15H2. The van der Waals surface area contributed by atoms with E-state index < -0.39 is 26.3 Å². The van der Waals surface area contributed by atoms with Crippen LogP contribution in [0.1, 0.15) is 38.5 Å². The Balaban J connectivity index is 1.58. The minimum atomic E-state index is -4.23. The number of halogens is 3. The van der Waals surface area contributed by atoms with Crippen LogP contribution in [0.2, 0.25) is 0 Å². The van der Waals surface area contributed by atoms with Crippen molar-refractivity contribution in [1.82, 2.24) is 4.90 Å². The van der Waals surface area contributed by atoms with Crippen molar-refractivity contribution in [2.75, 3.05) is 19.6 Å². The molecule has 0 saturated heterocycles. The van der Waals surface area contributed by atoms with E-state index in [4.69, 9.17) is 0 Å². The quantitative estimate of drug-likeness (QED) is 0.681. The summed E-state index contributed by atoms with van der Waals surface area (Å²) < 4.78 is 63.4. The maximum atomic E-state index is 13.0. The number of alkyl halides is 3. The molecule has 1 aromatic rings. The molecule has 2 aliphatic rings. The second-order valence-corrected chi connectivity index (χ2v) is 9.58. The third kappa shape index (κ3) is 3.83. The largest absolute Gasteiger partial charge is 0.412 e. The molecule has 0 atom stereocenters. The summed E-state index contributed by atoms with van der Waals surface area (Å²) in [6.45, 7) is 1.30. The van der Waals surface area contributed by atoms with E-state index >= 15 is 0 Å². The zero-order valence-corrected chi connectivity index (χ0v) is 15.5. The molecule has 0 aromatic heterocycles. The van der Waals surface area contributed by atoms with Gasteiger partial charge in [0.1, 0.15) is 0 Å². The van der Waals surface area contributed by atoms with Crippen molar-refractivity contribution in [3.63, 3.8) is 0 Å². The molecule has 3 nitrogen and oxygen atoms in total. The summed E-state index contributed by atoms with van der Waals surface area (Å²) >= 11 is 0. The third-order valence-electron chi connectivity index (χ3n) is 5.65. The van der Waals surface area contributed by atoms with Gasteiger partial charge in [-0.15, -0.1) is 0 Å². The van der Waals surface area contributed by atoms with Crippen LogP contribution in [0.15, 0.2) is 46.9 Å². The van der Waals surface area contributed by atoms with Crippen LogP contribution < -0.4 is 0 Å². The van der Waals surface area contributed by atoms with Gasteiger partial charge in [0, 0.05) is 18.7 Å². The Hall–Kier alpha value is -1.34. The molecule has 3 rings (SSSR count). The molecule has 0 radical (unpaired) electrons. The first kappa shape index (κ1) is 19.4. The van der Waals surface area contributed by atoms with Crippen molar-refractivity contribution in [1.29, 1.82) is 0 Å². The number of sulfone groups is 1. The molecule has 1 aliphatic carbocycles. The smallest absolute Gasteiger partial charge is 0.299 e. The first-order valence-electron chi connectivity index (χ1n) is 9.03. The van der Waals surface area contributed by atoms with Crippen LogP contribution in [-0.4, -0.2) is 43.9 Å². The van der Waals surface area contributed by atoms with Gasteiger partial charge in [0.05, 0.1) is 9.64 Å². The van der Waals surface area contributed by atoms with Crippen LogP contribution in [0.5, 0.6) is 0 Å². The van der Waals surface area contributed by atoms with E-state index in [9.17, 15) is 21.6 Å². The molecule has 0 amide bonds. The average molecular weight is 387 g/mol. The minimum absolute atomic E-state index is 0.0109. The topological polar surface area (TPSA) is 37.4 Å². The summed E-state index contributed by atoms with van der Waals surface area (Å²) in [5.41, 5.74) is -0.448. The van der Waals surface area contributed by atoms with Crippen molar-refractivity contribution < 1.29 is 21.6 Å². The number of hydrogen-bond donors (Lipinski definition) is 0. The van der Waals surface area contributed by atoms with Crippen molar-refractivity contribution in [3.8, 4) is 0 Å². The number of rotatable bonds is 6. The van der Waals surface area contributed by atoms with Gasteiger partial charge in [-0.25, -0.2) is 8.42 Å². The third-order valence-corrected chi connectivity index (χ3v) is 8.30. The van der Waals surface area contributed by atoms with E-state index in [1.54, 1.807) is 30.3 Å². The summed E-state index contributed by atoms with van der Waals surface area (Å²) in [5.74, 6) is 0. The highest BCUT2D eigenvalue weighted by molar-refractivity contribution is 7.93. The predicted molar refractivity (Wildman–Crippen MR) is 94.6 cm³/mol. The Morgan fingerprint density at radius 3 is 2.31 bits per heavy atom. The molecule has 26 heavy (non-hydrogen) atoms. The van der Waals surface area contributed by atoms with Gasteiger partial charge in [0.25, 0.3) is 0 Å². The van der Waals surface area contributed by atoms with Gasteiger partial charge >= 0.3 is 6.18 Å². The highest BCUT2D eigenvalue weighted by atomic mass is 32.2. The van der Waals surface area contributed by atoms with E-state index in [0.717, 1.165) is 6.42 Å². The van der Waals surface area contributed by atoms with Gasteiger partial charge in [-0.05, 0) is 50.8 Å². The molecule has 0 N–H and O–H groups in total. The number of hydrogen-bond acceptors (Lipinski definition) is 3. The monoisotopic (exact) mass is 387 g/mol. The van der Waals surface area contributed by atoms with E-state index in [-0.39, 0.29) is 13.0 Å². The summed E-state index contributed by atoms with van der Waals surface area (Å²) in [6, 6.07) is 8.55. The average Bonchev–Trinajstić information content (AvgIpc) is 2.57. The van der Waals surface area contributed by atoms with Gasteiger partial charge in [-0.2, -0.15) is 13.2 Å². The Morgan fingerprint density at radius 1 is 1.12 bits per heavy atom. The SMILES string of the molecule is O=S(=O)(c1ccccc1)C1(CCCN2CC=C(C(F)(F)F)CC2)CCC1. The molecule has 7 heteroatoms. The van der Waals surface area contributed by atoms with E-state index in [1.807, 2.05) is 4.90 Å². The molecule has 0 bridgehead atoms. The van der Waals surface area contributed by atoms with E-state index in [2.05, 4.69) is 0 Å². The molecular formula is C19H24F3NO2S. The van der Waals surface area contributed by atoms with Crippen LogP contribution in [0.3, 0.4) is 0 Å². The van der Waals surface area contributed by atoms with Crippen LogP contribution in [0.25, 0.3) is 0 Å². The lowest BCUT2D eigenvalue weighted by molar-refractivity contribution is -0.0960. The Labute approximate surface area is 152 Å². The first-order chi connectivity index (χ1) is 12.2. The van der Waals surface area contributed by atoms with Gasteiger partial charge in [0.15, 0.2) is 9.84 Å². The van der Waals surface area contributed by atoms with Crippen molar-refractivity contribution in [2.45, 2.75) is 54.3 Å². The van der Waals surface area contributed by atoms with Crippen LogP contribution in [0, 0.1) is 0 Å². The summed E-state index contributed by atoms with van der Waals surface area (Å²) in [4.78, 5) is 2.34. The molecule has 0 spiro atoms. The second kappa shape index (κ2) is 7.35. The fraction of sp³-hybridized carbons (Fsp3) is 0.579. The second-order valence-electron chi connectivity index (χ2n) is 7.23. The van der Waals surface area contributed by atoms with Gasteiger partial charge < -0.3 is 0 Å². The Morgan fingerprint density at radius 2 is 1.81 bits per heavy atom. The van der Waals surface area contributed by atoms with Crippen molar-refractivity contribution in [3.05, 3.63) is 42.0 Å².